The summed E-state index contributed by atoms with van der Waals surface area (Å²) in [4.78, 5) is 26.8. The fourth-order valence-electron chi connectivity index (χ4n) is 3.68. The van der Waals surface area contributed by atoms with Gasteiger partial charge in [0, 0.05) is 36.8 Å². The van der Waals surface area contributed by atoms with Crippen LogP contribution in [0, 0.1) is 5.92 Å². The standard InChI is InChI=1S/C19H27N3O2/c1-22(17-10-11-20-13-17)19(24)15-8-5-9-16(12-15)21-18(23)14-6-3-2-4-7-14/h5,8-9,12,14,17,20H,2-4,6-7,10-11,13H2,1H3,(H,21,23). The van der Waals surface area contributed by atoms with Crippen molar-refractivity contribution < 1.29 is 9.59 Å². The molecule has 0 spiro atoms. The topological polar surface area (TPSA) is 61.4 Å². The highest BCUT2D eigenvalue weighted by molar-refractivity contribution is 5.97. The van der Waals surface area contributed by atoms with Crippen LogP contribution in [-0.4, -0.2) is 42.9 Å². The molecule has 0 aromatic heterocycles. The first-order chi connectivity index (χ1) is 11.6. The number of likely N-dealkylation sites (N-methyl/N-ethyl adjacent to an activating group) is 1. The summed E-state index contributed by atoms with van der Waals surface area (Å²) in [5.74, 6) is 0.218. The fraction of sp³-hybridized carbons (Fsp3) is 0.579. The molecule has 1 heterocycles. The largest absolute Gasteiger partial charge is 0.337 e. The molecule has 2 amide bonds. The van der Waals surface area contributed by atoms with Crippen LogP contribution in [0.25, 0.3) is 0 Å². The van der Waals surface area contributed by atoms with Gasteiger partial charge in [0.05, 0.1) is 0 Å². The van der Waals surface area contributed by atoms with Gasteiger partial charge in [0.2, 0.25) is 5.91 Å². The van der Waals surface area contributed by atoms with Crippen LogP contribution in [0.5, 0.6) is 0 Å². The van der Waals surface area contributed by atoms with Gasteiger partial charge in [-0.05, 0) is 44.0 Å². The van der Waals surface area contributed by atoms with Crippen LogP contribution in [0.15, 0.2) is 24.3 Å². The average Bonchev–Trinajstić information content (AvgIpc) is 3.16. The van der Waals surface area contributed by atoms with Gasteiger partial charge in [0.25, 0.3) is 5.91 Å². The predicted molar refractivity (Wildman–Crippen MR) is 95.0 cm³/mol. The van der Waals surface area contributed by atoms with E-state index < -0.39 is 0 Å². The lowest BCUT2D eigenvalue weighted by atomic mass is 9.88. The molecule has 0 radical (unpaired) electrons. The number of amides is 2. The van der Waals surface area contributed by atoms with E-state index in [0.29, 0.717) is 5.56 Å². The first kappa shape index (κ1) is 17.0. The van der Waals surface area contributed by atoms with Crippen LogP contribution in [0.3, 0.4) is 0 Å². The van der Waals surface area contributed by atoms with E-state index >= 15 is 0 Å². The van der Waals surface area contributed by atoms with Crippen LogP contribution in [-0.2, 0) is 4.79 Å². The zero-order valence-corrected chi connectivity index (χ0v) is 14.4. The van der Waals surface area contributed by atoms with Crippen LogP contribution in [0.2, 0.25) is 0 Å². The molecule has 2 N–H and O–H groups in total. The Bertz CT molecular complexity index is 590. The molecule has 3 rings (SSSR count). The number of carbonyl (C=O) groups excluding carboxylic acids is 2. The van der Waals surface area contributed by atoms with Gasteiger partial charge in [-0.15, -0.1) is 0 Å². The maximum atomic E-state index is 12.7. The summed E-state index contributed by atoms with van der Waals surface area (Å²) >= 11 is 0. The van der Waals surface area contributed by atoms with E-state index in [1.54, 1.807) is 6.07 Å². The third-order valence-electron chi connectivity index (χ3n) is 5.26. The third-order valence-corrected chi connectivity index (χ3v) is 5.26. The monoisotopic (exact) mass is 329 g/mol. The molecular formula is C19H27N3O2. The predicted octanol–water partition coefficient (Wildman–Crippen LogP) is 2.64. The number of benzene rings is 1. The van der Waals surface area contributed by atoms with Gasteiger partial charge in [-0.25, -0.2) is 0 Å². The molecule has 2 aliphatic rings. The second-order valence-electron chi connectivity index (χ2n) is 6.97. The molecule has 1 aromatic rings. The van der Waals surface area contributed by atoms with Crippen molar-refractivity contribution in [3.8, 4) is 0 Å². The van der Waals surface area contributed by atoms with Crippen LogP contribution in [0.1, 0.15) is 48.9 Å². The summed E-state index contributed by atoms with van der Waals surface area (Å²) in [7, 11) is 1.85. The van der Waals surface area contributed by atoms with E-state index in [1.807, 2.05) is 30.1 Å². The molecule has 1 aliphatic heterocycles. The number of nitrogens with one attached hydrogen (secondary N) is 2. The van der Waals surface area contributed by atoms with E-state index in [4.69, 9.17) is 0 Å². The van der Waals surface area contributed by atoms with Crippen molar-refractivity contribution in [2.24, 2.45) is 5.92 Å². The van der Waals surface area contributed by atoms with Crippen molar-refractivity contribution >= 4 is 17.5 Å². The summed E-state index contributed by atoms with van der Waals surface area (Å²) in [6.07, 6.45) is 6.44. The summed E-state index contributed by atoms with van der Waals surface area (Å²) in [5.41, 5.74) is 1.35. The van der Waals surface area contributed by atoms with E-state index in [-0.39, 0.29) is 23.8 Å². The van der Waals surface area contributed by atoms with Gasteiger partial charge in [-0.1, -0.05) is 25.3 Å². The summed E-state index contributed by atoms with van der Waals surface area (Å²) in [5, 5.41) is 6.28. The minimum Gasteiger partial charge on any atom is -0.337 e. The molecule has 5 heteroatoms. The van der Waals surface area contributed by atoms with Crippen LogP contribution >= 0.6 is 0 Å². The third kappa shape index (κ3) is 3.96. The van der Waals surface area contributed by atoms with Gasteiger partial charge in [0.1, 0.15) is 0 Å². The Balaban J connectivity index is 1.64. The maximum absolute atomic E-state index is 12.7. The van der Waals surface area contributed by atoms with Crippen molar-refractivity contribution in [1.82, 2.24) is 10.2 Å². The maximum Gasteiger partial charge on any atom is 0.253 e. The summed E-state index contributed by atoms with van der Waals surface area (Å²) in [6.45, 7) is 1.81. The Kier molecular flexibility index (Phi) is 5.51. The lowest BCUT2D eigenvalue weighted by molar-refractivity contribution is -0.120. The Hall–Kier alpha value is -1.88. The van der Waals surface area contributed by atoms with Gasteiger partial charge in [-0.3, -0.25) is 9.59 Å². The number of carbonyl (C=O) groups is 2. The number of hydrogen-bond donors (Lipinski definition) is 2. The highest BCUT2D eigenvalue weighted by Crippen LogP contribution is 2.25. The Morgan fingerprint density at radius 1 is 1.17 bits per heavy atom. The van der Waals surface area contributed by atoms with Crippen molar-refractivity contribution in [2.45, 2.75) is 44.6 Å². The van der Waals surface area contributed by atoms with Gasteiger partial charge in [0.15, 0.2) is 0 Å². The van der Waals surface area contributed by atoms with Gasteiger partial charge in [-0.2, -0.15) is 0 Å². The van der Waals surface area contributed by atoms with Gasteiger partial charge >= 0.3 is 0 Å². The van der Waals surface area contributed by atoms with Crippen molar-refractivity contribution in [3.05, 3.63) is 29.8 Å². The molecule has 1 aliphatic carbocycles. The minimum atomic E-state index is 0.0115. The first-order valence-corrected chi connectivity index (χ1v) is 9.04. The molecule has 24 heavy (non-hydrogen) atoms. The van der Waals surface area contributed by atoms with Gasteiger partial charge < -0.3 is 15.5 Å². The van der Waals surface area contributed by atoms with Crippen molar-refractivity contribution in [3.63, 3.8) is 0 Å². The molecule has 0 bridgehead atoms. The zero-order valence-electron chi connectivity index (χ0n) is 14.4. The van der Waals surface area contributed by atoms with Crippen LogP contribution < -0.4 is 10.6 Å². The SMILES string of the molecule is CN(C(=O)c1cccc(NC(=O)C2CCCCC2)c1)C1CCNC1. The number of nitrogens with zero attached hydrogens (tertiary/aromatic N) is 1. The molecule has 130 valence electrons. The molecule has 2 fully saturated rings. The molecule has 1 atom stereocenters. The highest BCUT2D eigenvalue weighted by Gasteiger charge is 2.25. The van der Waals surface area contributed by atoms with Crippen molar-refractivity contribution in [2.75, 3.05) is 25.5 Å². The second kappa shape index (κ2) is 7.79. The quantitative estimate of drug-likeness (QED) is 0.893. The molecule has 5 nitrogen and oxygen atoms in total. The molecule has 1 saturated heterocycles. The van der Waals surface area contributed by atoms with E-state index in [2.05, 4.69) is 10.6 Å². The molecule has 1 unspecified atom stereocenters. The fourth-order valence-corrected chi connectivity index (χ4v) is 3.68. The van der Waals surface area contributed by atoms with E-state index in [1.165, 1.54) is 6.42 Å². The molecular weight excluding hydrogens is 302 g/mol. The lowest BCUT2D eigenvalue weighted by Gasteiger charge is -2.24. The normalized spacial score (nSPS) is 21.5. The number of rotatable bonds is 4. The van der Waals surface area contributed by atoms with E-state index in [9.17, 15) is 9.59 Å². The van der Waals surface area contributed by atoms with E-state index in [0.717, 1.165) is 50.9 Å². The Morgan fingerprint density at radius 3 is 2.67 bits per heavy atom. The molecule has 1 saturated carbocycles. The summed E-state index contributed by atoms with van der Waals surface area (Å²) in [6, 6.07) is 7.55. The van der Waals surface area contributed by atoms with Crippen LogP contribution in [0.4, 0.5) is 5.69 Å². The second-order valence-corrected chi connectivity index (χ2v) is 6.97. The smallest absolute Gasteiger partial charge is 0.253 e. The zero-order chi connectivity index (χ0) is 16.9. The number of anilines is 1. The molecule has 1 aromatic carbocycles. The average molecular weight is 329 g/mol. The number of hydrogen-bond acceptors (Lipinski definition) is 3. The lowest BCUT2D eigenvalue weighted by Crippen LogP contribution is -2.38. The minimum absolute atomic E-state index is 0.0115. The Morgan fingerprint density at radius 2 is 1.96 bits per heavy atom. The highest BCUT2D eigenvalue weighted by atomic mass is 16.2. The first-order valence-electron chi connectivity index (χ1n) is 9.04. The van der Waals surface area contributed by atoms with Crippen molar-refractivity contribution in [1.29, 1.82) is 0 Å². The Labute approximate surface area is 143 Å². The summed E-state index contributed by atoms with van der Waals surface area (Å²) < 4.78 is 0.